The summed E-state index contributed by atoms with van der Waals surface area (Å²) in [5, 5.41) is 0.498. The average molecular weight is 379 g/mol. The summed E-state index contributed by atoms with van der Waals surface area (Å²) >= 11 is 7.14. The second kappa shape index (κ2) is 9.10. The fourth-order valence-electron chi connectivity index (χ4n) is 1.86. The molecule has 2 rings (SSSR count). The Hall–Kier alpha value is -2.51. The van der Waals surface area contributed by atoms with Crippen molar-refractivity contribution in [3.8, 4) is 0 Å². The molecule has 8 heteroatoms. The third-order valence-electron chi connectivity index (χ3n) is 3.08. The molecule has 2 aromatic rings. The van der Waals surface area contributed by atoms with E-state index in [0.717, 1.165) is 4.90 Å². The third-order valence-corrected chi connectivity index (χ3v) is 4.13. The number of benzene rings is 2. The summed E-state index contributed by atoms with van der Waals surface area (Å²) < 4.78 is 4.95. The Balaban J connectivity index is 1.81. The van der Waals surface area contributed by atoms with Gasteiger partial charge in [-0.3, -0.25) is 20.4 Å². The van der Waals surface area contributed by atoms with Crippen LogP contribution in [0, 0.1) is 0 Å². The molecule has 6 nitrogen and oxygen atoms in total. The fraction of sp³-hybridized carbons (Fsp3) is 0.118. The lowest BCUT2D eigenvalue weighted by atomic mass is 10.2. The van der Waals surface area contributed by atoms with Gasteiger partial charge in [-0.15, -0.1) is 11.8 Å². The Bertz CT molecular complexity index is 780. The number of carbonyl (C=O) groups is 3. The highest BCUT2D eigenvalue weighted by Gasteiger charge is 2.14. The number of hydrazine groups is 1. The molecule has 0 saturated carbocycles. The number of thioether (sulfide) groups is 1. The van der Waals surface area contributed by atoms with E-state index < -0.39 is 24.4 Å². The van der Waals surface area contributed by atoms with Crippen LogP contribution < -0.4 is 10.9 Å². The summed E-state index contributed by atoms with van der Waals surface area (Å²) in [4.78, 5) is 36.3. The molecule has 25 heavy (non-hydrogen) atoms. The van der Waals surface area contributed by atoms with Crippen LogP contribution in [0.5, 0.6) is 0 Å². The number of hydrogen-bond donors (Lipinski definition) is 2. The Morgan fingerprint density at radius 3 is 2.40 bits per heavy atom. The molecule has 130 valence electrons. The number of carbonyl (C=O) groups excluding carboxylic acids is 3. The summed E-state index contributed by atoms with van der Waals surface area (Å²) in [6.07, 6.45) is 1.84. The van der Waals surface area contributed by atoms with Crippen LogP contribution in [-0.2, 0) is 9.53 Å². The van der Waals surface area contributed by atoms with Crippen molar-refractivity contribution in [3.63, 3.8) is 0 Å². The Morgan fingerprint density at radius 1 is 1.04 bits per heavy atom. The van der Waals surface area contributed by atoms with Crippen LogP contribution >= 0.6 is 23.4 Å². The number of esters is 1. The van der Waals surface area contributed by atoms with Crippen LogP contribution in [0.15, 0.2) is 53.4 Å². The van der Waals surface area contributed by atoms with Gasteiger partial charge >= 0.3 is 5.97 Å². The molecule has 0 fully saturated rings. The largest absolute Gasteiger partial charge is 0.452 e. The van der Waals surface area contributed by atoms with Gasteiger partial charge in [0.25, 0.3) is 11.8 Å². The maximum absolute atomic E-state index is 12.0. The van der Waals surface area contributed by atoms with Gasteiger partial charge in [-0.05, 0) is 42.7 Å². The van der Waals surface area contributed by atoms with E-state index in [1.165, 1.54) is 23.9 Å². The van der Waals surface area contributed by atoms with Crippen LogP contribution in [0.3, 0.4) is 0 Å². The van der Waals surface area contributed by atoms with Gasteiger partial charge in [0.15, 0.2) is 6.61 Å². The Labute approximate surface area is 153 Å². The molecular weight excluding hydrogens is 364 g/mol. The first-order valence-electron chi connectivity index (χ1n) is 7.16. The van der Waals surface area contributed by atoms with Crippen molar-refractivity contribution < 1.29 is 19.1 Å². The molecule has 0 aliphatic heterocycles. The first kappa shape index (κ1) is 18.8. The fourth-order valence-corrected chi connectivity index (χ4v) is 2.57. The molecule has 0 aromatic heterocycles. The lowest BCUT2D eigenvalue weighted by molar-refractivity contribution is -0.125. The molecular formula is C17H15ClN2O4S. The van der Waals surface area contributed by atoms with Crippen molar-refractivity contribution in [3.05, 3.63) is 64.7 Å². The van der Waals surface area contributed by atoms with Gasteiger partial charge in [0, 0.05) is 15.5 Å². The van der Waals surface area contributed by atoms with Gasteiger partial charge in [-0.1, -0.05) is 23.7 Å². The van der Waals surface area contributed by atoms with Crippen molar-refractivity contribution in [2.24, 2.45) is 0 Å². The lowest BCUT2D eigenvalue weighted by Gasteiger charge is -2.09. The van der Waals surface area contributed by atoms with Crippen LogP contribution in [0.4, 0.5) is 0 Å². The summed E-state index contributed by atoms with van der Waals surface area (Å²) in [5.74, 6) is -1.77. The minimum absolute atomic E-state index is 0.329. The minimum atomic E-state index is -0.655. The molecule has 0 radical (unpaired) electrons. The predicted octanol–water partition coefficient (Wildman–Crippen LogP) is 2.68. The van der Waals surface area contributed by atoms with Crippen LogP contribution in [0.2, 0.25) is 5.02 Å². The van der Waals surface area contributed by atoms with Gasteiger partial charge in [-0.2, -0.15) is 0 Å². The highest BCUT2D eigenvalue weighted by molar-refractivity contribution is 7.98. The van der Waals surface area contributed by atoms with Crippen molar-refractivity contribution in [1.29, 1.82) is 0 Å². The van der Waals surface area contributed by atoms with Crippen molar-refractivity contribution >= 4 is 41.1 Å². The molecule has 0 unspecified atom stereocenters. The highest BCUT2D eigenvalue weighted by atomic mass is 35.5. The summed E-state index contributed by atoms with van der Waals surface area (Å²) in [5.41, 5.74) is 5.12. The van der Waals surface area contributed by atoms with Crippen LogP contribution in [0.1, 0.15) is 20.7 Å². The molecule has 2 aromatic carbocycles. The molecule has 0 bridgehead atoms. The van der Waals surface area contributed by atoms with E-state index in [2.05, 4.69) is 10.9 Å². The summed E-state index contributed by atoms with van der Waals surface area (Å²) in [7, 11) is 0. The second-order valence-electron chi connectivity index (χ2n) is 4.79. The molecule has 0 saturated heterocycles. The van der Waals surface area contributed by atoms with Crippen LogP contribution in [0.25, 0.3) is 0 Å². The quantitative estimate of drug-likeness (QED) is 0.474. The van der Waals surface area contributed by atoms with E-state index in [-0.39, 0.29) is 0 Å². The van der Waals surface area contributed by atoms with Gasteiger partial charge in [0.05, 0.1) is 5.56 Å². The number of amides is 2. The maximum Gasteiger partial charge on any atom is 0.339 e. The van der Waals surface area contributed by atoms with E-state index in [9.17, 15) is 14.4 Å². The molecule has 0 heterocycles. The Morgan fingerprint density at radius 2 is 1.72 bits per heavy atom. The maximum atomic E-state index is 12.0. The molecule has 0 aliphatic carbocycles. The minimum Gasteiger partial charge on any atom is -0.452 e. The number of hydrogen-bond acceptors (Lipinski definition) is 5. The van der Waals surface area contributed by atoms with E-state index >= 15 is 0 Å². The normalized spacial score (nSPS) is 10.0. The van der Waals surface area contributed by atoms with Gasteiger partial charge in [0.2, 0.25) is 0 Å². The number of ether oxygens (including phenoxy) is 1. The van der Waals surface area contributed by atoms with Crippen molar-refractivity contribution in [1.82, 2.24) is 10.9 Å². The highest BCUT2D eigenvalue weighted by Crippen LogP contribution is 2.20. The lowest BCUT2D eigenvalue weighted by Crippen LogP contribution is -2.43. The first-order chi connectivity index (χ1) is 12.0. The van der Waals surface area contributed by atoms with Gasteiger partial charge in [-0.25, -0.2) is 4.79 Å². The topological polar surface area (TPSA) is 84.5 Å². The molecule has 0 spiro atoms. The SMILES string of the molecule is CSc1ccccc1C(=O)OCC(=O)NNC(=O)c1ccc(Cl)cc1. The van der Waals surface area contributed by atoms with Crippen molar-refractivity contribution in [2.45, 2.75) is 4.90 Å². The monoisotopic (exact) mass is 378 g/mol. The van der Waals surface area contributed by atoms with E-state index in [1.54, 1.807) is 30.3 Å². The summed E-state index contributed by atoms with van der Waals surface area (Å²) in [6, 6.07) is 13.1. The number of nitrogens with one attached hydrogen (secondary N) is 2. The van der Waals surface area contributed by atoms with Crippen LogP contribution in [-0.4, -0.2) is 30.6 Å². The zero-order valence-electron chi connectivity index (χ0n) is 13.2. The first-order valence-corrected chi connectivity index (χ1v) is 8.76. The smallest absolute Gasteiger partial charge is 0.339 e. The molecule has 0 aliphatic rings. The molecule has 0 atom stereocenters. The molecule has 2 N–H and O–H groups in total. The van der Waals surface area contributed by atoms with E-state index in [0.29, 0.717) is 16.1 Å². The molecule has 2 amide bonds. The standard InChI is InChI=1S/C17H15ClN2O4S/c1-25-14-5-3-2-4-13(14)17(23)24-10-15(21)19-20-16(22)11-6-8-12(18)9-7-11/h2-9H,10H2,1H3,(H,19,21)(H,20,22). The predicted molar refractivity (Wildman–Crippen MR) is 95.6 cm³/mol. The summed E-state index contributed by atoms with van der Waals surface area (Å²) in [6.45, 7) is -0.511. The second-order valence-corrected chi connectivity index (χ2v) is 6.07. The van der Waals surface area contributed by atoms with E-state index in [1.807, 2.05) is 12.3 Å². The van der Waals surface area contributed by atoms with Gasteiger partial charge in [0.1, 0.15) is 0 Å². The number of halogens is 1. The third kappa shape index (κ3) is 5.51. The zero-order chi connectivity index (χ0) is 18.2. The van der Waals surface area contributed by atoms with Crippen molar-refractivity contribution in [2.75, 3.05) is 12.9 Å². The Kier molecular flexibility index (Phi) is 6.85. The number of rotatable bonds is 5. The zero-order valence-corrected chi connectivity index (χ0v) is 14.8. The van der Waals surface area contributed by atoms with Gasteiger partial charge < -0.3 is 4.74 Å². The van der Waals surface area contributed by atoms with E-state index in [4.69, 9.17) is 16.3 Å². The average Bonchev–Trinajstić information content (AvgIpc) is 2.64.